The number of aliphatic carboxylic acids is 1. The molecule has 0 bridgehead atoms. The van der Waals surface area contributed by atoms with E-state index >= 15 is 0 Å². The quantitative estimate of drug-likeness (QED) is 0.110. The first kappa shape index (κ1) is 25.5. The number of ketones is 1. The van der Waals surface area contributed by atoms with Crippen LogP contribution in [0, 0.1) is 10.1 Å². The molecular formula is C24H14N3NaO7S. The number of hydrogen-bond donors (Lipinski definition) is 0. The Morgan fingerprint density at radius 1 is 0.917 bits per heavy atom. The zero-order valence-electron chi connectivity index (χ0n) is 18.8. The molecule has 5 rings (SSSR count). The molecule has 10 nitrogen and oxygen atoms in total. The van der Waals surface area contributed by atoms with Crippen molar-refractivity contribution in [2.75, 3.05) is 6.79 Å². The van der Waals surface area contributed by atoms with Gasteiger partial charge >= 0.3 is 29.6 Å². The van der Waals surface area contributed by atoms with Gasteiger partial charge in [-0.15, -0.1) is 0 Å². The van der Waals surface area contributed by atoms with Crippen LogP contribution in [-0.2, 0) is 11.2 Å². The van der Waals surface area contributed by atoms with E-state index in [0.717, 1.165) is 11.7 Å². The van der Waals surface area contributed by atoms with Crippen molar-refractivity contribution in [3.05, 3.63) is 93.0 Å². The third-order valence-electron chi connectivity index (χ3n) is 5.49. The predicted octanol–water partition coefficient (Wildman–Crippen LogP) is -0.0387. The normalized spacial score (nSPS) is 12.6. The monoisotopic (exact) mass is 511 g/mol. The van der Waals surface area contributed by atoms with E-state index in [4.69, 9.17) is 9.47 Å². The van der Waals surface area contributed by atoms with Crippen LogP contribution < -0.4 is 44.1 Å². The van der Waals surface area contributed by atoms with Crippen molar-refractivity contribution in [1.82, 2.24) is 8.75 Å². The van der Waals surface area contributed by atoms with Crippen molar-refractivity contribution in [3.63, 3.8) is 0 Å². The van der Waals surface area contributed by atoms with E-state index in [1.54, 1.807) is 12.1 Å². The van der Waals surface area contributed by atoms with Gasteiger partial charge in [-0.1, -0.05) is 18.2 Å². The van der Waals surface area contributed by atoms with Gasteiger partial charge in [0.05, 0.1) is 22.6 Å². The van der Waals surface area contributed by atoms with Crippen LogP contribution in [0.2, 0.25) is 0 Å². The average molecular weight is 511 g/mol. The third-order valence-corrected chi connectivity index (χ3v) is 6.04. The number of Topliss-reactive ketones (excluding diaryl/α,β-unsaturated/α-hetero) is 1. The van der Waals surface area contributed by atoms with E-state index in [1.807, 2.05) is 0 Å². The summed E-state index contributed by atoms with van der Waals surface area (Å²) in [6, 6.07) is 14.8. The number of benzene rings is 3. The number of aromatic nitrogens is 2. The summed E-state index contributed by atoms with van der Waals surface area (Å²) in [6.07, 6.45) is -0.109. The summed E-state index contributed by atoms with van der Waals surface area (Å²) >= 11 is 0.984. The molecule has 12 heteroatoms. The van der Waals surface area contributed by atoms with Gasteiger partial charge in [-0.05, 0) is 41.5 Å². The number of non-ortho nitro benzene ring substituents is 1. The van der Waals surface area contributed by atoms with Gasteiger partial charge in [0, 0.05) is 35.3 Å². The Hall–Kier alpha value is -3.64. The van der Waals surface area contributed by atoms with Crippen LogP contribution in [0.3, 0.4) is 0 Å². The molecule has 0 fully saturated rings. The number of fused-ring (bicyclic) bond motifs is 2. The minimum Gasteiger partial charge on any atom is -0.545 e. The van der Waals surface area contributed by atoms with Crippen molar-refractivity contribution < 1.29 is 58.6 Å². The van der Waals surface area contributed by atoms with E-state index in [-0.39, 0.29) is 70.7 Å². The van der Waals surface area contributed by atoms with Gasteiger partial charge in [0.2, 0.25) is 6.79 Å². The van der Waals surface area contributed by atoms with Crippen LogP contribution in [0.4, 0.5) is 5.69 Å². The first-order valence-electron chi connectivity index (χ1n) is 10.3. The second-order valence-corrected chi connectivity index (χ2v) is 8.13. The second-order valence-electron chi connectivity index (χ2n) is 7.61. The fraction of sp³-hybridized carbons (Fsp3) is 0.0833. The Balaban J connectivity index is 0.00000304. The molecule has 0 saturated carbocycles. The van der Waals surface area contributed by atoms with Crippen molar-refractivity contribution in [2.24, 2.45) is 0 Å². The van der Waals surface area contributed by atoms with E-state index in [0.29, 0.717) is 28.1 Å². The zero-order valence-corrected chi connectivity index (χ0v) is 21.6. The number of nitro groups is 1. The van der Waals surface area contributed by atoms with E-state index in [9.17, 15) is 24.8 Å². The first-order valence-corrected chi connectivity index (χ1v) is 11.0. The molecule has 0 N–H and O–H groups in total. The number of rotatable bonds is 7. The SMILES string of the molecule is O=C([O-])/C(=C(\Cc1ccc([N+](=O)[O-])cc1)C(=O)c1ccc2c(c1)OCO2)c1ccc2nsnc2c1.[Na+]. The number of allylic oxidation sites excluding steroid dienone is 1. The van der Waals surface area contributed by atoms with Gasteiger partial charge in [0.15, 0.2) is 17.3 Å². The molecule has 3 aromatic carbocycles. The van der Waals surface area contributed by atoms with Crippen molar-refractivity contribution in [1.29, 1.82) is 0 Å². The summed E-state index contributed by atoms with van der Waals surface area (Å²) in [4.78, 5) is 36.5. The number of nitro benzene ring substituents is 1. The molecule has 2 heterocycles. The van der Waals surface area contributed by atoms with Gasteiger partial charge < -0.3 is 19.4 Å². The number of ether oxygens (including phenoxy) is 2. The average Bonchev–Trinajstić information content (AvgIpc) is 3.51. The summed E-state index contributed by atoms with van der Waals surface area (Å²) in [5, 5.41) is 23.4. The Kier molecular flexibility index (Phi) is 7.45. The largest absolute Gasteiger partial charge is 1.00 e. The van der Waals surface area contributed by atoms with Crippen LogP contribution in [0.5, 0.6) is 11.5 Å². The van der Waals surface area contributed by atoms with E-state index in [2.05, 4.69) is 8.75 Å². The number of nitrogens with zero attached hydrogens (tertiary/aromatic N) is 3. The molecule has 174 valence electrons. The summed E-state index contributed by atoms with van der Waals surface area (Å²) in [7, 11) is 0. The van der Waals surface area contributed by atoms with E-state index < -0.39 is 16.7 Å². The number of carbonyl (C=O) groups excluding carboxylic acids is 2. The van der Waals surface area contributed by atoms with Gasteiger partial charge in [-0.2, -0.15) is 8.75 Å². The standard InChI is InChI=1S/C24H15N3O7S.Na/c28-23(15-4-8-20-21(11-15)34-12-33-20)17(9-13-1-5-16(6-2-13)27(31)32)22(24(29)30)14-3-7-18-19(10-14)26-35-25-18;/h1-8,10-11H,9,12H2,(H,29,30);/q;+1/p-1/b22-17+;. The van der Waals surface area contributed by atoms with Crippen molar-refractivity contribution in [3.8, 4) is 11.5 Å². The Bertz CT molecular complexity index is 1530. The zero-order chi connectivity index (χ0) is 24.5. The Morgan fingerprint density at radius 3 is 2.33 bits per heavy atom. The second kappa shape index (κ2) is 10.5. The Morgan fingerprint density at radius 2 is 1.61 bits per heavy atom. The number of hydrogen-bond acceptors (Lipinski definition) is 10. The molecule has 36 heavy (non-hydrogen) atoms. The molecule has 1 aromatic heterocycles. The molecule has 0 amide bonds. The van der Waals surface area contributed by atoms with Gasteiger partial charge in [-0.25, -0.2) is 0 Å². The molecule has 0 saturated heterocycles. The number of carbonyl (C=O) groups is 2. The maximum absolute atomic E-state index is 13.7. The van der Waals surface area contributed by atoms with Crippen LogP contribution in [0.15, 0.2) is 66.2 Å². The molecule has 0 atom stereocenters. The number of carboxylic acid groups (broad SMARTS) is 1. The fourth-order valence-corrected chi connectivity index (χ4v) is 4.30. The van der Waals surface area contributed by atoms with Gasteiger partial charge in [0.1, 0.15) is 11.0 Å². The summed E-state index contributed by atoms with van der Waals surface area (Å²) in [5.41, 5.74) is 1.53. The minimum atomic E-state index is -1.54. The molecule has 0 radical (unpaired) electrons. The van der Waals surface area contributed by atoms with Gasteiger partial charge in [0.25, 0.3) is 5.69 Å². The Labute approximate surface area is 229 Å². The maximum atomic E-state index is 13.7. The van der Waals surface area contributed by atoms with Crippen LogP contribution in [0.1, 0.15) is 21.5 Å². The predicted molar refractivity (Wildman–Crippen MR) is 123 cm³/mol. The summed E-state index contributed by atoms with van der Waals surface area (Å²) in [6.45, 7) is 0.0183. The minimum absolute atomic E-state index is 0. The first-order chi connectivity index (χ1) is 16.9. The topological polar surface area (TPSA) is 145 Å². The van der Waals surface area contributed by atoms with Crippen molar-refractivity contribution >= 4 is 45.8 Å². The smallest absolute Gasteiger partial charge is 0.545 e. The fourth-order valence-electron chi connectivity index (χ4n) is 3.79. The molecular weight excluding hydrogens is 497 g/mol. The molecule has 4 aromatic rings. The van der Waals surface area contributed by atoms with Crippen LogP contribution in [-0.4, -0.2) is 32.2 Å². The molecule has 1 aliphatic rings. The number of carboxylic acids is 1. The maximum Gasteiger partial charge on any atom is 1.00 e. The molecule has 0 spiro atoms. The van der Waals surface area contributed by atoms with Crippen molar-refractivity contribution in [2.45, 2.75) is 6.42 Å². The third kappa shape index (κ3) is 5.00. The van der Waals surface area contributed by atoms with E-state index in [1.165, 1.54) is 48.5 Å². The molecule has 0 aliphatic carbocycles. The summed E-state index contributed by atoms with van der Waals surface area (Å²) < 4.78 is 18.9. The van der Waals surface area contributed by atoms with Gasteiger partial charge in [-0.3, -0.25) is 14.9 Å². The van der Waals surface area contributed by atoms with Crippen LogP contribution >= 0.6 is 11.7 Å². The van der Waals surface area contributed by atoms with Crippen LogP contribution in [0.25, 0.3) is 16.6 Å². The molecule has 1 aliphatic heterocycles. The summed E-state index contributed by atoms with van der Waals surface area (Å²) in [5.74, 6) is -1.25. The molecule has 0 unspecified atom stereocenters.